The number of methoxy groups -OCH3 is 1. The molecule has 1 saturated heterocycles. The van der Waals surface area contributed by atoms with Crippen molar-refractivity contribution in [3.8, 4) is 0 Å². The lowest BCUT2D eigenvalue weighted by atomic mass is 10.1. The summed E-state index contributed by atoms with van der Waals surface area (Å²) < 4.78 is 18.0. The van der Waals surface area contributed by atoms with Gasteiger partial charge in [0.25, 0.3) is 0 Å². The number of allylic oxidation sites excluding steroid dienone is 1. The molecule has 1 unspecified atom stereocenters. The number of rotatable bonds is 13. The minimum absolute atomic E-state index is 0.229. The van der Waals surface area contributed by atoms with Crippen LogP contribution in [0, 0.1) is 0 Å². The SMILES string of the molecule is C=C(C)N(CCNCCCC1(OC)CCCC[Si]1(OC)OC)Cc1ccccc1. The van der Waals surface area contributed by atoms with Gasteiger partial charge in [-0.15, -0.1) is 0 Å². The highest BCUT2D eigenvalue weighted by atomic mass is 28.4. The van der Waals surface area contributed by atoms with Gasteiger partial charge in [0, 0.05) is 46.7 Å². The van der Waals surface area contributed by atoms with Gasteiger partial charge in [-0.05, 0) is 44.3 Å². The van der Waals surface area contributed by atoms with E-state index in [0.717, 1.165) is 57.2 Å². The lowest BCUT2D eigenvalue weighted by Crippen LogP contribution is -2.64. The zero-order valence-corrected chi connectivity index (χ0v) is 19.8. The van der Waals surface area contributed by atoms with E-state index in [1.807, 2.05) is 7.11 Å². The number of nitrogens with zero attached hydrogens (tertiary/aromatic N) is 1. The maximum atomic E-state index is 6.08. The smallest absolute Gasteiger partial charge is 0.370 e. The number of hydrogen-bond acceptors (Lipinski definition) is 5. The molecule has 1 aliphatic rings. The van der Waals surface area contributed by atoms with Crippen molar-refractivity contribution in [1.82, 2.24) is 10.2 Å². The Morgan fingerprint density at radius 1 is 1.14 bits per heavy atom. The van der Waals surface area contributed by atoms with Crippen LogP contribution in [0.4, 0.5) is 0 Å². The first kappa shape index (κ1) is 24.1. The highest BCUT2D eigenvalue weighted by molar-refractivity contribution is 6.70. The van der Waals surface area contributed by atoms with E-state index in [1.165, 1.54) is 18.4 Å². The molecule has 1 N–H and O–H groups in total. The summed E-state index contributed by atoms with van der Waals surface area (Å²) in [6.45, 7) is 9.99. The van der Waals surface area contributed by atoms with Gasteiger partial charge in [0.1, 0.15) is 5.22 Å². The topological polar surface area (TPSA) is 43.0 Å². The Bertz CT molecular complexity index is 609. The van der Waals surface area contributed by atoms with Crippen molar-refractivity contribution < 1.29 is 13.6 Å². The summed E-state index contributed by atoms with van der Waals surface area (Å²) in [4.78, 5) is 2.33. The summed E-state index contributed by atoms with van der Waals surface area (Å²) in [6.07, 6.45) is 5.45. The molecule has 2 rings (SSSR count). The Labute approximate surface area is 178 Å². The molecule has 6 heteroatoms. The van der Waals surface area contributed by atoms with E-state index in [0.29, 0.717) is 0 Å². The van der Waals surface area contributed by atoms with Crippen LogP contribution in [0.15, 0.2) is 42.6 Å². The molecule has 0 saturated carbocycles. The van der Waals surface area contributed by atoms with Crippen LogP contribution < -0.4 is 5.32 Å². The van der Waals surface area contributed by atoms with Crippen molar-refractivity contribution in [3.05, 3.63) is 48.2 Å². The Hall–Kier alpha value is -1.18. The van der Waals surface area contributed by atoms with Crippen LogP contribution in [0.5, 0.6) is 0 Å². The van der Waals surface area contributed by atoms with E-state index >= 15 is 0 Å². The summed E-state index contributed by atoms with van der Waals surface area (Å²) in [5.41, 5.74) is 2.42. The lowest BCUT2D eigenvalue weighted by Gasteiger charge is -2.48. The zero-order valence-electron chi connectivity index (χ0n) is 18.8. The fourth-order valence-electron chi connectivity index (χ4n) is 4.57. The first-order valence-electron chi connectivity index (χ1n) is 10.8. The molecule has 1 aromatic carbocycles. The molecule has 0 aromatic heterocycles. The van der Waals surface area contributed by atoms with Gasteiger partial charge in [-0.3, -0.25) is 0 Å². The molecule has 29 heavy (non-hydrogen) atoms. The van der Waals surface area contributed by atoms with Gasteiger partial charge in [-0.2, -0.15) is 0 Å². The molecule has 1 heterocycles. The Kier molecular flexibility index (Phi) is 9.85. The van der Waals surface area contributed by atoms with Gasteiger partial charge in [0.05, 0.1) is 0 Å². The van der Waals surface area contributed by atoms with Crippen molar-refractivity contribution in [1.29, 1.82) is 0 Å². The maximum absolute atomic E-state index is 6.08. The van der Waals surface area contributed by atoms with Crippen molar-refractivity contribution in [2.75, 3.05) is 41.0 Å². The molecule has 0 amide bonds. The molecule has 0 spiro atoms. The van der Waals surface area contributed by atoms with E-state index in [4.69, 9.17) is 13.6 Å². The van der Waals surface area contributed by atoms with E-state index in [1.54, 1.807) is 14.2 Å². The van der Waals surface area contributed by atoms with E-state index in [2.05, 4.69) is 54.1 Å². The summed E-state index contributed by atoms with van der Waals surface area (Å²) in [5, 5.41) is 3.37. The van der Waals surface area contributed by atoms with Crippen LogP contribution in [0.25, 0.3) is 0 Å². The van der Waals surface area contributed by atoms with Gasteiger partial charge >= 0.3 is 8.56 Å². The minimum atomic E-state index is -2.32. The van der Waals surface area contributed by atoms with Gasteiger partial charge in [-0.25, -0.2) is 0 Å². The fraction of sp³-hybridized carbons (Fsp3) is 0.652. The molecule has 1 aromatic rings. The first-order chi connectivity index (χ1) is 14.0. The first-order valence-corrected chi connectivity index (χ1v) is 12.9. The Balaban J connectivity index is 1.78. The normalized spacial score (nSPS) is 21.1. The molecule has 1 fully saturated rings. The Morgan fingerprint density at radius 2 is 1.86 bits per heavy atom. The van der Waals surface area contributed by atoms with Crippen LogP contribution in [0.2, 0.25) is 6.04 Å². The van der Waals surface area contributed by atoms with Crippen LogP contribution in [-0.4, -0.2) is 59.6 Å². The van der Waals surface area contributed by atoms with Gasteiger partial charge in [0.2, 0.25) is 0 Å². The van der Waals surface area contributed by atoms with E-state index in [-0.39, 0.29) is 5.22 Å². The number of nitrogens with one attached hydrogen (secondary N) is 1. The van der Waals surface area contributed by atoms with Crippen LogP contribution >= 0.6 is 0 Å². The summed E-state index contributed by atoms with van der Waals surface area (Å²) >= 11 is 0. The summed E-state index contributed by atoms with van der Waals surface area (Å²) in [7, 11) is 3.10. The second kappa shape index (κ2) is 11.9. The van der Waals surface area contributed by atoms with Gasteiger partial charge in [0.15, 0.2) is 0 Å². The molecule has 164 valence electrons. The lowest BCUT2D eigenvalue weighted by molar-refractivity contribution is -0.0156. The maximum Gasteiger partial charge on any atom is 0.370 e. The minimum Gasteiger partial charge on any atom is -0.396 e. The molecule has 0 bridgehead atoms. The monoisotopic (exact) mass is 420 g/mol. The van der Waals surface area contributed by atoms with Crippen molar-refractivity contribution in [2.45, 2.75) is 56.8 Å². The largest absolute Gasteiger partial charge is 0.396 e. The van der Waals surface area contributed by atoms with Crippen LogP contribution in [0.3, 0.4) is 0 Å². The van der Waals surface area contributed by atoms with Crippen molar-refractivity contribution in [2.24, 2.45) is 0 Å². The Morgan fingerprint density at radius 3 is 2.48 bits per heavy atom. The standard InChI is InChI=1S/C23H40N2O3Si/c1-21(2)25(20-22-12-7-6-8-13-22)18-17-24-16-11-15-23(26-3)14-9-10-19-29(23,27-4)28-5/h6-8,12-13,24H,1,9-11,14-20H2,2-5H3. The van der Waals surface area contributed by atoms with Crippen molar-refractivity contribution in [3.63, 3.8) is 0 Å². The number of hydrogen-bond donors (Lipinski definition) is 1. The van der Waals surface area contributed by atoms with Crippen LogP contribution in [-0.2, 0) is 20.1 Å². The average molecular weight is 421 g/mol. The number of ether oxygens (including phenoxy) is 1. The van der Waals surface area contributed by atoms with E-state index in [9.17, 15) is 0 Å². The third-order valence-corrected chi connectivity index (χ3v) is 10.8. The molecule has 0 aliphatic carbocycles. The predicted molar refractivity (Wildman–Crippen MR) is 122 cm³/mol. The molecule has 0 radical (unpaired) electrons. The molecular weight excluding hydrogens is 380 g/mol. The quantitative estimate of drug-likeness (QED) is 0.382. The predicted octanol–water partition coefficient (Wildman–Crippen LogP) is 4.24. The number of benzene rings is 1. The highest BCUT2D eigenvalue weighted by Crippen LogP contribution is 2.42. The molecule has 1 aliphatic heterocycles. The summed E-state index contributed by atoms with van der Waals surface area (Å²) in [6, 6.07) is 11.6. The van der Waals surface area contributed by atoms with Gasteiger partial charge in [-0.1, -0.05) is 49.8 Å². The van der Waals surface area contributed by atoms with Crippen LogP contribution in [0.1, 0.15) is 44.6 Å². The molecule has 5 nitrogen and oxygen atoms in total. The third-order valence-electron chi connectivity index (χ3n) is 6.33. The van der Waals surface area contributed by atoms with E-state index < -0.39 is 8.56 Å². The summed E-state index contributed by atoms with van der Waals surface area (Å²) in [5.74, 6) is 0. The van der Waals surface area contributed by atoms with Crippen molar-refractivity contribution >= 4 is 8.56 Å². The second-order valence-electron chi connectivity index (χ2n) is 8.06. The third kappa shape index (κ3) is 6.15. The highest BCUT2D eigenvalue weighted by Gasteiger charge is 2.58. The average Bonchev–Trinajstić information content (AvgIpc) is 2.76. The zero-order chi connectivity index (χ0) is 21.2. The fourth-order valence-corrected chi connectivity index (χ4v) is 8.48. The van der Waals surface area contributed by atoms with Gasteiger partial charge < -0.3 is 23.8 Å². The second-order valence-corrected chi connectivity index (χ2v) is 11.8. The molecular formula is C23H40N2O3Si. The molecule has 1 atom stereocenters.